The predicted molar refractivity (Wildman–Crippen MR) is 66.5 cm³/mol. The van der Waals surface area contributed by atoms with Gasteiger partial charge in [-0.1, -0.05) is 6.07 Å². The standard InChI is InChI=1S/C14H17F2NO2/c15-11-4-2-10(8-12(11)16)3-5-13(19)17-14(9-18)6-1-7-14/h2,4,8,18H,1,3,5-7,9H2,(H,17,19). The zero-order chi connectivity index (χ0) is 13.9. The Morgan fingerprint density at radius 2 is 2.05 bits per heavy atom. The number of aliphatic hydroxyl groups excluding tert-OH is 1. The molecule has 0 spiro atoms. The lowest BCUT2D eigenvalue weighted by Gasteiger charge is -2.41. The number of benzene rings is 1. The van der Waals surface area contributed by atoms with Crippen molar-refractivity contribution in [2.24, 2.45) is 0 Å². The van der Waals surface area contributed by atoms with Crippen LogP contribution in [0.1, 0.15) is 31.2 Å². The average molecular weight is 269 g/mol. The van der Waals surface area contributed by atoms with Gasteiger partial charge in [-0.3, -0.25) is 4.79 Å². The number of halogens is 2. The summed E-state index contributed by atoms with van der Waals surface area (Å²) in [7, 11) is 0. The Labute approximate surface area is 110 Å². The molecule has 1 aliphatic rings. The van der Waals surface area contributed by atoms with Crippen molar-refractivity contribution in [2.45, 2.75) is 37.6 Å². The zero-order valence-corrected chi connectivity index (χ0v) is 10.6. The summed E-state index contributed by atoms with van der Waals surface area (Å²) in [6.45, 7) is -0.0517. The molecule has 104 valence electrons. The number of hydrogen-bond donors (Lipinski definition) is 2. The lowest BCUT2D eigenvalue weighted by molar-refractivity contribution is -0.125. The summed E-state index contributed by atoms with van der Waals surface area (Å²) < 4.78 is 25.7. The van der Waals surface area contributed by atoms with Crippen molar-refractivity contribution in [1.82, 2.24) is 5.32 Å². The van der Waals surface area contributed by atoms with Gasteiger partial charge in [0.15, 0.2) is 11.6 Å². The number of nitrogens with one attached hydrogen (secondary N) is 1. The SMILES string of the molecule is O=C(CCc1ccc(F)c(F)c1)NC1(CO)CCC1. The fourth-order valence-corrected chi connectivity index (χ4v) is 2.24. The normalized spacial score (nSPS) is 16.8. The van der Waals surface area contributed by atoms with E-state index in [2.05, 4.69) is 5.32 Å². The molecule has 0 aromatic heterocycles. The number of rotatable bonds is 5. The Morgan fingerprint density at radius 3 is 2.58 bits per heavy atom. The van der Waals surface area contributed by atoms with Crippen LogP contribution in [-0.4, -0.2) is 23.2 Å². The second kappa shape index (κ2) is 5.65. The van der Waals surface area contributed by atoms with Gasteiger partial charge in [0.1, 0.15) is 0 Å². The summed E-state index contributed by atoms with van der Waals surface area (Å²) in [5.41, 5.74) is 0.131. The summed E-state index contributed by atoms with van der Waals surface area (Å²) in [5.74, 6) is -1.95. The first-order valence-corrected chi connectivity index (χ1v) is 6.40. The molecule has 1 aliphatic carbocycles. The first-order chi connectivity index (χ1) is 9.04. The van der Waals surface area contributed by atoms with Crippen molar-refractivity contribution in [2.75, 3.05) is 6.61 Å². The van der Waals surface area contributed by atoms with Gasteiger partial charge in [-0.15, -0.1) is 0 Å². The van der Waals surface area contributed by atoms with Gasteiger partial charge in [0.25, 0.3) is 0 Å². The maximum Gasteiger partial charge on any atom is 0.220 e. The lowest BCUT2D eigenvalue weighted by Crippen LogP contribution is -2.56. The number of hydrogen-bond acceptors (Lipinski definition) is 2. The van der Waals surface area contributed by atoms with E-state index < -0.39 is 17.2 Å². The number of amides is 1. The van der Waals surface area contributed by atoms with Crippen molar-refractivity contribution < 1.29 is 18.7 Å². The number of aryl methyl sites for hydroxylation is 1. The monoisotopic (exact) mass is 269 g/mol. The Kier molecular flexibility index (Phi) is 4.14. The van der Waals surface area contributed by atoms with Gasteiger partial charge in [0.05, 0.1) is 12.1 Å². The van der Waals surface area contributed by atoms with Gasteiger partial charge in [-0.2, -0.15) is 0 Å². The van der Waals surface area contributed by atoms with E-state index in [1.54, 1.807) is 0 Å². The highest BCUT2D eigenvalue weighted by molar-refractivity contribution is 5.77. The van der Waals surface area contributed by atoms with E-state index in [-0.39, 0.29) is 18.9 Å². The molecule has 0 radical (unpaired) electrons. The second-order valence-corrected chi connectivity index (χ2v) is 5.09. The van der Waals surface area contributed by atoms with Crippen molar-refractivity contribution in [3.63, 3.8) is 0 Å². The molecule has 0 heterocycles. The van der Waals surface area contributed by atoms with E-state index in [1.165, 1.54) is 6.07 Å². The van der Waals surface area contributed by atoms with Crippen LogP contribution in [0.15, 0.2) is 18.2 Å². The van der Waals surface area contributed by atoms with Gasteiger partial charge in [-0.05, 0) is 43.4 Å². The molecule has 2 N–H and O–H groups in total. The molecule has 0 unspecified atom stereocenters. The minimum atomic E-state index is -0.899. The van der Waals surface area contributed by atoms with E-state index in [0.29, 0.717) is 12.0 Å². The van der Waals surface area contributed by atoms with Crippen molar-refractivity contribution >= 4 is 5.91 Å². The molecule has 0 bridgehead atoms. The molecular weight excluding hydrogens is 252 g/mol. The first-order valence-electron chi connectivity index (χ1n) is 6.40. The van der Waals surface area contributed by atoms with Crippen LogP contribution >= 0.6 is 0 Å². The molecule has 0 saturated heterocycles. The molecule has 3 nitrogen and oxygen atoms in total. The average Bonchev–Trinajstić information content (AvgIpc) is 2.35. The van der Waals surface area contributed by atoms with Crippen LogP contribution in [0.3, 0.4) is 0 Å². The van der Waals surface area contributed by atoms with E-state index in [4.69, 9.17) is 0 Å². The first kappa shape index (κ1) is 13.9. The molecule has 0 atom stereocenters. The summed E-state index contributed by atoms with van der Waals surface area (Å²) in [5, 5.41) is 12.1. The minimum Gasteiger partial charge on any atom is -0.394 e. The molecule has 19 heavy (non-hydrogen) atoms. The fourth-order valence-electron chi connectivity index (χ4n) is 2.24. The van der Waals surface area contributed by atoms with Crippen LogP contribution in [0.4, 0.5) is 8.78 Å². The highest BCUT2D eigenvalue weighted by Gasteiger charge is 2.37. The smallest absolute Gasteiger partial charge is 0.220 e. The molecule has 1 amide bonds. The summed E-state index contributed by atoms with van der Waals surface area (Å²) in [4.78, 5) is 11.7. The van der Waals surface area contributed by atoms with Crippen LogP contribution < -0.4 is 5.32 Å². The molecular formula is C14H17F2NO2. The van der Waals surface area contributed by atoms with E-state index in [9.17, 15) is 18.7 Å². The highest BCUT2D eigenvalue weighted by Crippen LogP contribution is 2.31. The molecule has 1 aromatic rings. The quantitative estimate of drug-likeness (QED) is 0.858. The molecule has 2 rings (SSSR count). The Balaban J connectivity index is 1.84. The minimum absolute atomic E-state index is 0.0517. The summed E-state index contributed by atoms with van der Waals surface area (Å²) in [6, 6.07) is 3.63. The summed E-state index contributed by atoms with van der Waals surface area (Å²) >= 11 is 0. The molecule has 1 saturated carbocycles. The molecule has 0 aliphatic heterocycles. The number of carbonyl (C=O) groups is 1. The van der Waals surface area contributed by atoms with Gasteiger partial charge in [-0.25, -0.2) is 8.78 Å². The van der Waals surface area contributed by atoms with Gasteiger partial charge in [0.2, 0.25) is 5.91 Å². The van der Waals surface area contributed by atoms with Crippen LogP contribution in [0, 0.1) is 11.6 Å². The molecule has 1 aromatic carbocycles. The van der Waals surface area contributed by atoms with Crippen LogP contribution in [0.25, 0.3) is 0 Å². The Hall–Kier alpha value is -1.49. The third-order valence-corrected chi connectivity index (χ3v) is 3.64. The van der Waals surface area contributed by atoms with Gasteiger partial charge < -0.3 is 10.4 Å². The van der Waals surface area contributed by atoms with E-state index in [1.807, 2.05) is 0 Å². The maximum atomic E-state index is 13.0. The maximum absolute atomic E-state index is 13.0. The fraction of sp³-hybridized carbons (Fsp3) is 0.500. The van der Waals surface area contributed by atoms with Crippen LogP contribution in [0.2, 0.25) is 0 Å². The van der Waals surface area contributed by atoms with Crippen molar-refractivity contribution in [3.8, 4) is 0 Å². The van der Waals surface area contributed by atoms with Crippen molar-refractivity contribution in [3.05, 3.63) is 35.4 Å². The second-order valence-electron chi connectivity index (χ2n) is 5.09. The third-order valence-electron chi connectivity index (χ3n) is 3.64. The predicted octanol–water partition coefficient (Wildman–Crippen LogP) is 1.93. The van der Waals surface area contributed by atoms with Crippen LogP contribution in [-0.2, 0) is 11.2 Å². The lowest BCUT2D eigenvalue weighted by atomic mass is 9.77. The van der Waals surface area contributed by atoms with E-state index >= 15 is 0 Å². The van der Waals surface area contributed by atoms with Crippen molar-refractivity contribution in [1.29, 1.82) is 0 Å². The highest BCUT2D eigenvalue weighted by atomic mass is 19.2. The Morgan fingerprint density at radius 1 is 1.32 bits per heavy atom. The molecule has 5 heteroatoms. The van der Waals surface area contributed by atoms with Crippen LogP contribution in [0.5, 0.6) is 0 Å². The van der Waals surface area contributed by atoms with E-state index in [0.717, 1.165) is 31.4 Å². The van der Waals surface area contributed by atoms with Gasteiger partial charge >= 0.3 is 0 Å². The topological polar surface area (TPSA) is 49.3 Å². The largest absolute Gasteiger partial charge is 0.394 e. The zero-order valence-electron chi connectivity index (χ0n) is 10.6. The summed E-state index contributed by atoms with van der Waals surface area (Å²) in [6.07, 6.45) is 3.14. The number of aliphatic hydroxyl groups is 1. The third kappa shape index (κ3) is 3.29. The Bertz CT molecular complexity index is 467. The molecule has 1 fully saturated rings. The number of carbonyl (C=O) groups excluding carboxylic acids is 1. The van der Waals surface area contributed by atoms with Gasteiger partial charge in [0, 0.05) is 6.42 Å².